The summed E-state index contributed by atoms with van der Waals surface area (Å²) in [5.74, 6) is -0.497. The number of halogens is 5. The van der Waals surface area contributed by atoms with Crippen molar-refractivity contribution in [2.75, 3.05) is 7.05 Å². The summed E-state index contributed by atoms with van der Waals surface area (Å²) in [6.07, 6.45) is 2.62. The molecule has 3 rings (SSSR count). The first-order chi connectivity index (χ1) is 14.1. The molecule has 31 heavy (non-hydrogen) atoms. The molecule has 0 saturated carbocycles. The van der Waals surface area contributed by atoms with E-state index >= 15 is 0 Å². The molecule has 168 valence electrons. The average molecular weight is 500 g/mol. The summed E-state index contributed by atoms with van der Waals surface area (Å²) < 4.78 is 90.7. The lowest BCUT2D eigenvalue weighted by molar-refractivity contribution is 0.364. The lowest BCUT2D eigenvalue weighted by Gasteiger charge is -2.40. The molecule has 0 saturated heterocycles. The van der Waals surface area contributed by atoms with E-state index in [9.17, 15) is 33.0 Å². The molecule has 0 spiro atoms. The van der Waals surface area contributed by atoms with Crippen LogP contribution in [-0.2, 0) is 10.0 Å². The van der Waals surface area contributed by atoms with Gasteiger partial charge >= 0.3 is 10.2 Å². The first kappa shape index (κ1) is 23.2. The third kappa shape index (κ3) is 5.26. The van der Waals surface area contributed by atoms with E-state index in [2.05, 4.69) is 14.7 Å². The molecular formula is C17H14F5N3O3S3. The largest absolute Gasteiger partial charge is 0.507 e. The smallest absolute Gasteiger partial charge is 0.310 e. The van der Waals surface area contributed by atoms with E-state index in [1.54, 1.807) is 0 Å². The first-order valence-electron chi connectivity index (χ1n) is 8.21. The Morgan fingerprint density at radius 2 is 1.58 bits per heavy atom. The standard InChI is InChI=1S/C17H14F5N3O3S3/c1-23-30(27,28)15-10-11(2-7-14(15)26)16-17(25-9-8-24-16)29-12-3-5-13(6-4-12)31(18,19,20,21)22/h2-10,23,26H,1H3. The summed E-state index contributed by atoms with van der Waals surface area (Å²) >= 11 is 0.849. The van der Waals surface area contributed by atoms with Crippen molar-refractivity contribution in [1.29, 1.82) is 0 Å². The molecular weight excluding hydrogens is 485 g/mol. The van der Waals surface area contributed by atoms with Crippen LogP contribution in [0.5, 0.6) is 5.75 Å². The summed E-state index contributed by atoms with van der Waals surface area (Å²) in [5.41, 5.74) is 0.433. The predicted octanol–water partition coefficient (Wildman–Crippen LogP) is 5.57. The molecule has 0 aliphatic heterocycles. The number of hydrogen-bond acceptors (Lipinski definition) is 6. The molecule has 3 aromatic rings. The maximum absolute atomic E-state index is 12.9. The number of benzene rings is 2. The van der Waals surface area contributed by atoms with Gasteiger partial charge in [0.1, 0.15) is 26.3 Å². The average Bonchev–Trinajstić information content (AvgIpc) is 2.67. The van der Waals surface area contributed by atoms with Gasteiger partial charge < -0.3 is 5.11 Å². The van der Waals surface area contributed by atoms with E-state index in [4.69, 9.17) is 0 Å². The van der Waals surface area contributed by atoms with E-state index in [-0.39, 0.29) is 33.3 Å². The lowest BCUT2D eigenvalue weighted by atomic mass is 10.1. The van der Waals surface area contributed by atoms with E-state index < -0.39 is 35.8 Å². The van der Waals surface area contributed by atoms with Crippen LogP contribution in [0.25, 0.3) is 11.3 Å². The Balaban J connectivity index is 2.01. The summed E-state index contributed by atoms with van der Waals surface area (Å²) in [6, 6.07) is 6.03. The second-order valence-corrected chi connectivity index (χ2v) is 11.5. The molecule has 0 atom stereocenters. The zero-order chi connectivity index (χ0) is 23.1. The highest BCUT2D eigenvalue weighted by molar-refractivity contribution is 8.45. The molecule has 0 aliphatic rings. The summed E-state index contributed by atoms with van der Waals surface area (Å²) in [7, 11) is -12.6. The molecule has 6 nitrogen and oxygen atoms in total. The van der Waals surface area contributed by atoms with Gasteiger partial charge in [0.2, 0.25) is 10.0 Å². The quantitative estimate of drug-likeness (QED) is 0.431. The van der Waals surface area contributed by atoms with Crippen molar-refractivity contribution in [2.24, 2.45) is 0 Å². The summed E-state index contributed by atoms with van der Waals surface area (Å²) in [6.45, 7) is 0. The monoisotopic (exact) mass is 499 g/mol. The van der Waals surface area contributed by atoms with Gasteiger partial charge in [0.05, 0.1) is 0 Å². The van der Waals surface area contributed by atoms with E-state index in [1.165, 1.54) is 25.5 Å². The van der Waals surface area contributed by atoms with E-state index in [0.29, 0.717) is 0 Å². The van der Waals surface area contributed by atoms with Crippen LogP contribution in [-0.4, -0.2) is 30.5 Å². The van der Waals surface area contributed by atoms with Crippen molar-refractivity contribution in [1.82, 2.24) is 14.7 Å². The number of sulfonamides is 1. The minimum atomic E-state index is -9.78. The van der Waals surface area contributed by atoms with Crippen molar-refractivity contribution in [3.8, 4) is 17.0 Å². The Hall–Kier alpha value is -2.42. The van der Waals surface area contributed by atoms with Crippen LogP contribution in [0, 0.1) is 0 Å². The third-order valence-electron chi connectivity index (χ3n) is 3.94. The van der Waals surface area contributed by atoms with Crippen LogP contribution in [0.2, 0.25) is 0 Å². The number of aromatic nitrogens is 2. The van der Waals surface area contributed by atoms with Gasteiger partial charge in [-0.2, -0.15) is 0 Å². The molecule has 2 N–H and O–H groups in total. The number of hydrogen-bond donors (Lipinski definition) is 2. The fourth-order valence-electron chi connectivity index (χ4n) is 2.46. The Labute approximate surface area is 178 Å². The van der Waals surface area contributed by atoms with Crippen LogP contribution in [0.4, 0.5) is 19.4 Å². The van der Waals surface area contributed by atoms with Gasteiger partial charge in [0, 0.05) is 22.9 Å². The molecule has 0 bridgehead atoms. The van der Waals surface area contributed by atoms with Crippen LogP contribution >= 0.6 is 22.0 Å². The Bertz CT molecular complexity index is 1250. The second kappa shape index (κ2) is 7.05. The van der Waals surface area contributed by atoms with Gasteiger partial charge in [-0.3, -0.25) is 4.98 Å². The number of phenolic OH excluding ortho intramolecular Hbond substituents is 1. The zero-order valence-electron chi connectivity index (χ0n) is 15.5. The fourth-order valence-corrected chi connectivity index (χ4v) is 4.83. The molecule has 1 aromatic heterocycles. The molecule has 2 aromatic carbocycles. The highest BCUT2D eigenvalue weighted by atomic mass is 32.5. The lowest BCUT2D eigenvalue weighted by Crippen LogP contribution is -2.18. The Morgan fingerprint density at radius 1 is 0.968 bits per heavy atom. The van der Waals surface area contributed by atoms with Crippen LogP contribution in [0.1, 0.15) is 0 Å². The van der Waals surface area contributed by atoms with Crippen LogP contribution in [0.15, 0.2) is 74.6 Å². The molecule has 1 heterocycles. The van der Waals surface area contributed by atoms with Gasteiger partial charge in [-0.05, 0) is 49.5 Å². The fraction of sp³-hybridized carbons (Fsp3) is 0.0588. The predicted molar refractivity (Wildman–Crippen MR) is 107 cm³/mol. The number of aromatic hydroxyl groups is 1. The second-order valence-electron chi connectivity index (χ2n) is 6.14. The molecule has 14 heteroatoms. The Morgan fingerprint density at radius 3 is 2.16 bits per heavy atom. The van der Waals surface area contributed by atoms with Crippen molar-refractivity contribution in [3.63, 3.8) is 0 Å². The first-order valence-corrected chi connectivity index (χ1v) is 12.5. The summed E-state index contributed by atoms with van der Waals surface area (Å²) in [4.78, 5) is 5.98. The number of nitrogens with one attached hydrogen (secondary N) is 1. The van der Waals surface area contributed by atoms with Crippen LogP contribution < -0.4 is 4.72 Å². The topological polar surface area (TPSA) is 92.2 Å². The number of nitrogens with zero attached hydrogens (tertiary/aromatic N) is 2. The summed E-state index contributed by atoms with van der Waals surface area (Å²) in [5, 5.41) is 10.1. The molecule has 0 amide bonds. The maximum Gasteiger partial charge on any atom is 0.310 e. The normalized spacial score (nSPS) is 14.6. The highest BCUT2D eigenvalue weighted by Crippen LogP contribution is 3.02. The number of phenols is 1. The van der Waals surface area contributed by atoms with Gasteiger partial charge in [-0.1, -0.05) is 31.2 Å². The highest BCUT2D eigenvalue weighted by Gasteiger charge is 2.65. The molecule has 0 fully saturated rings. The van der Waals surface area contributed by atoms with Crippen molar-refractivity contribution < 1.29 is 33.0 Å². The van der Waals surface area contributed by atoms with Crippen LogP contribution in [0.3, 0.4) is 0 Å². The maximum atomic E-state index is 12.9. The van der Waals surface area contributed by atoms with Crippen molar-refractivity contribution in [2.45, 2.75) is 19.7 Å². The van der Waals surface area contributed by atoms with Gasteiger partial charge in [-0.25, -0.2) is 18.1 Å². The van der Waals surface area contributed by atoms with Gasteiger partial charge in [0.15, 0.2) is 0 Å². The SMILES string of the molecule is CNS(=O)(=O)c1cc(-c2nccnc2Sc2ccc(S(F)(F)(F)(F)F)cc2)ccc1O. The van der Waals surface area contributed by atoms with Crippen molar-refractivity contribution >= 4 is 32.0 Å². The van der Waals surface area contributed by atoms with Gasteiger partial charge in [0.25, 0.3) is 0 Å². The molecule has 0 unspecified atom stereocenters. The minimum absolute atomic E-state index is 0.175. The van der Waals surface area contributed by atoms with Crippen molar-refractivity contribution in [3.05, 3.63) is 54.9 Å². The Kier molecular flexibility index (Phi) is 5.29. The molecule has 0 aliphatic carbocycles. The molecule has 0 radical (unpaired) electrons. The van der Waals surface area contributed by atoms with E-state index in [0.717, 1.165) is 36.0 Å². The van der Waals surface area contributed by atoms with Gasteiger partial charge in [-0.15, -0.1) is 0 Å². The number of rotatable bonds is 6. The minimum Gasteiger partial charge on any atom is -0.507 e. The zero-order valence-corrected chi connectivity index (χ0v) is 17.9. The third-order valence-corrected chi connectivity index (χ3v) is 7.55. The van der Waals surface area contributed by atoms with E-state index in [1.807, 2.05) is 0 Å².